The van der Waals surface area contributed by atoms with Gasteiger partial charge in [0.25, 0.3) is 5.97 Å². The summed E-state index contributed by atoms with van der Waals surface area (Å²) in [4.78, 5) is 9.00. The summed E-state index contributed by atoms with van der Waals surface area (Å²) < 4.78 is 4.41. The number of hydrogen-bond donors (Lipinski definition) is 1. The van der Waals surface area contributed by atoms with Crippen molar-refractivity contribution in [1.29, 1.82) is 0 Å². The zero-order valence-corrected chi connectivity index (χ0v) is 7.40. The number of carboxylic acid groups (broad SMARTS) is 1. The SMILES string of the molecule is CC(=O)O.CC(C)(C)OCl. The van der Waals surface area contributed by atoms with Gasteiger partial charge in [0.15, 0.2) is 0 Å². The number of aliphatic carboxylic acids is 1. The van der Waals surface area contributed by atoms with E-state index in [9.17, 15) is 0 Å². The highest BCUT2D eigenvalue weighted by Gasteiger charge is 2.06. The summed E-state index contributed by atoms with van der Waals surface area (Å²) >= 11 is 4.98. The van der Waals surface area contributed by atoms with Crippen molar-refractivity contribution >= 4 is 17.8 Å². The van der Waals surface area contributed by atoms with E-state index >= 15 is 0 Å². The van der Waals surface area contributed by atoms with Gasteiger partial charge in [0, 0.05) is 6.92 Å². The molecular weight excluding hydrogens is 156 g/mol. The van der Waals surface area contributed by atoms with E-state index in [4.69, 9.17) is 21.8 Å². The largest absolute Gasteiger partial charge is 0.481 e. The smallest absolute Gasteiger partial charge is 0.300 e. The molecule has 62 valence electrons. The monoisotopic (exact) mass is 168 g/mol. The van der Waals surface area contributed by atoms with E-state index in [1.54, 1.807) is 0 Å². The molecule has 0 fully saturated rings. The lowest BCUT2D eigenvalue weighted by molar-refractivity contribution is -0.134. The number of rotatable bonds is 0. The van der Waals surface area contributed by atoms with Crippen molar-refractivity contribution < 1.29 is 14.2 Å². The minimum atomic E-state index is -0.833. The highest BCUT2D eigenvalue weighted by Crippen LogP contribution is 2.07. The molecule has 0 bridgehead atoms. The molecule has 0 radical (unpaired) electrons. The van der Waals surface area contributed by atoms with E-state index in [-0.39, 0.29) is 5.60 Å². The molecule has 0 amide bonds. The fourth-order valence-corrected chi connectivity index (χ4v) is 0. The minimum absolute atomic E-state index is 0.193. The number of halogens is 1. The number of carboxylic acids is 1. The van der Waals surface area contributed by atoms with Crippen LogP contribution >= 0.6 is 11.9 Å². The Bertz CT molecular complexity index is 91.7. The zero-order valence-electron chi connectivity index (χ0n) is 6.64. The lowest BCUT2D eigenvalue weighted by Gasteiger charge is -2.10. The Morgan fingerprint density at radius 3 is 1.60 bits per heavy atom. The van der Waals surface area contributed by atoms with Crippen LogP contribution in [0, 0.1) is 0 Å². The predicted molar refractivity (Wildman–Crippen MR) is 40.0 cm³/mol. The van der Waals surface area contributed by atoms with E-state index < -0.39 is 5.97 Å². The van der Waals surface area contributed by atoms with Crippen LogP contribution in [0.3, 0.4) is 0 Å². The van der Waals surface area contributed by atoms with Crippen molar-refractivity contribution in [2.75, 3.05) is 0 Å². The molecule has 0 atom stereocenters. The average Bonchev–Trinajstić information content (AvgIpc) is 1.63. The molecule has 0 aromatic heterocycles. The highest BCUT2D eigenvalue weighted by molar-refractivity contribution is 6.07. The quantitative estimate of drug-likeness (QED) is 0.602. The lowest BCUT2D eigenvalue weighted by Crippen LogP contribution is -2.12. The van der Waals surface area contributed by atoms with Gasteiger partial charge in [-0.15, -0.1) is 0 Å². The first-order valence-electron chi connectivity index (χ1n) is 2.79. The van der Waals surface area contributed by atoms with Crippen molar-refractivity contribution in [3.63, 3.8) is 0 Å². The third kappa shape index (κ3) is 47.1. The van der Waals surface area contributed by atoms with Crippen LogP contribution in [-0.4, -0.2) is 16.7 Å². The van der Waals surface area contributed by atoms with Gasteiger partial charge in [-0.2, -0.15) is 0 Å². The fourth-order valence-electron chi connectivity index (χ4n) is 0. The van der Waals surface area contributed by atoms with Gasteiger partial charge in [0.05, 0.1) is 17.5 Å². The molecule has 0 saturated heterocycles. The van der Waals surface area contributed by atoms with E-state index in [1.165, 1.54) is 0 Å². The Morgan fingerprint density at radius 2 is 1.60 bits per heavy atom. The van der Waals surface area contributed by atoms with Gasteiger partial charge in [-0.05, 0) is 20.8 Å². The summed E-state index contributed by atoms with van der Waals surface area (Å²) in [6.07, 6.45) is 0. The van der Waals surface area contributed by atoms with Crippen molar-refractivity contribution in [2.45, 2.75) is 33.3 Å². The van der Waals surface area contributed by atoms with E-state index in [1.807, 2.05) is 20.8 Å². The summed E-state index contributed by atoms with van der Waals surface area (Å²) in [5.74, 6) is -0.833. The standard InChI is InChI=1S/C4H9ClO.C2H4O2/c1-4(2,3)6-5;1-2(3)4/h1-3H3;1H3,(H,3,4). The molecule has 0 aliphatic rings. The summed E-state index contributed by atoms with van der Waals surface area (Å²) in [5.41, 5.74) is -0.193. The van der Waals surface area contributed by atoms with Gasteiger partial charge in [-0.3, -0.25) is 9.08 Å². The van der Waals surface area contributed by atoms with Crippen LogP contribution in [-0.2, 0) is 9.08 Å². The van der Waals surface area contributed by atoms with Crippen LogP contribution in [0.1, 0.15) is 27.7 Å². The first-order valence-corrected chi connectivity index (χ1v) is 3.09. The molecule has 3 nitrogen and oxygen atoms in total. The van der Waals surface area contributed by atoms with Crippen molar-refractivity contribution in [2.24, 2.45) is 0 Å². The average molecular weight is 169 g/mol. The maximum Gasteiger partial charge on any atom is 0.300 e. The molecule has 0 aromatic rings. The molecule has 0 saturated carbocycles. The lowest BCUT2D eigenvalue weighted by atomic mass is 10.2. The Labute approximate surface area is 66.1 Å². The van der Waals surface area contributed by atoms with Gasteiger partial charge in [-0.1, -0.05) is 0 Å². The zero-order chi connectivity index (χ0) is 8.78. The van der Waals surface area contributed by atoms with Gasteiger partial charge < -0.3 is 5.11 Å². The second-order valence-corrected chi connectivity index (χ2v) is 2.86. The van der Waals surface area contributed by atoms with Crippen LogP contribution in [0.15, 0.2) is 0 Å². The van der Waals surface area contributed by atoms with Crippen molar-refractivity contribution in [1.82, 2.24) is 0 Å². The first kappa shape index (κ1) is 12.4. The Kier molecular flexibility index (Phi) is 6.82. The van der Waals surface area contributed by atoms with Crippen LogP contribution in [0.2, 0.25) is 0 Å². The van der Waals surface area contributed by atoms with Crippen LogP contribution in [0.25, 0.3) is 0 Å². The third-order valence-electron chi connectivity index (χ3n) is 0.231. The summed E-state index contributed by atoms with van der Waals surface area (Å²) in [5, 5.41) is 7.42. The van der Waals surface area contributed by atoms with Crippen LogP contribution in [0.4, 0.5) is 0 Å². The molecule has 0 rings (SSSR count). The maximum absolute atomic E-state index is 9.00. The second kappa shape index (κ2) is 5.50. The van der Waals surface area contributed by atoms with Crippen molar-refractivity contribution in [3.8, 4) is 0 Å². The minimum Gasteiger partial charge on any atom is -0.481 e. The van der Waals surface area contributed by atoms with Crippen LogP contribution < -0.4 is 0 Å². The molecule has 0 aliphatic carbocycles. The Hall–Kier alpha value is -0.280. The van der Waals surface area contributed by atoms with Crippen LogP contribution in [0.5, 0.6) is 0 Å². The highest BCUT2D eigenvalue weighted by atomic mass is 35.5. The summed E-state index contributed by atoms with van der Waals surface area (Å²) in [6, 6.07) is 0. The molecule has 0 unspecified atom stereocenters. The van der Waals surface area contributed by atoms with E-state index in [0.29, 0.717) is 0 Å². The predicted octanol–water partition coefficient (Wildman–Crippen LogP) is 2.05. The van der Waals surface area contributed by atoms with Gasteiger partial charge >= 0.3 is 0 Å². The molecule has 10 heavy (non-hydrogen) atoms. The maximum atomic E-state index is 9.00. The normalized spacial score (nSPS) is 9.70. The Morgan fingerprint density at radius 1 is 1.50 bits per heavy atom. The summed E-state index contributed by atoms with van der Waals surface area (Å²) in [6.45, 7) is 6.75. The van der Waals surface area contributed by atoms with Crippen molar-refractivity contribution in [3.05, 3.63) is 0 Å². The van der Waals surface area contributed by atoms with Gasteiger partial charge in [0.2, 0.25) is 0 Å². The Balaban J connectivity index is 0. The molecule has 0 aromatic carbocycles. The molecule has 4 heteroatoms. The summed E-state index contributed by atoms with van der Waals surface area (Å²) in [7, 11) is 0. The molecule has 0 aliphatic heterocycles. The molecule has 0 spiro atoms. The first-order chi connectivity index (χ1) is 4.29. The molecule has 0 heterocycles. The number of hydrogen-bond acceptors (Lipinski definition) is 2. The second-order valence-electron chi connectivity index (χ2n) is 2.71. The topological polar surface area (TPSA) is 46.5 Å². The fraction of sp³-hybridized carbons (Fsp3) is 0.833. The van der Waals surface area contributed by atoms with E-state index in [2.05, 4.69) is 4.29 Å². The third-order valence-corrected chi connectivity index (χ3v) is 0.694. The van der Waals surface area contributed by atoms with Gasteiger partial charge in [0.1, 0.15) is 0 Å². The molecule has 1 N–H and O–H groups in total. The van der Waals surface area contributed by atoms with Gasteiger partial charge in [-0.25, -0.2) is 0 Å². The number of carbonyl (C=O) groups is 1. The van der Waals surface area contributed by atoms with E-state index in [0.717, 1.165) is 6.92 Å². The molecular formula is C6H13ClO3.